The van der Waals surface area contributed by atoms with E-state index in [4.69, 9.17) is 5.73 Å². The van der Waals surface area contributed by atoms with Gasteiger partial charge in [0.15, 0.2) is 0 Å². The molecule has 2 aromatic rings. The molecule has 4 heteroatoms. The highest BCUT2D eigenvalue weighted by atomic mass is 32.2. The Labute approximate surface area is 105 Å². The van der Waals surface area contributed by atoms with Crippen molar-refractivity contribution >= 4 is 23.1 Å². The molecular weight excluding hydrogens is 230 g/mol. The molecule has 2 aromatic heterocycles. The molecule has 0 aliphatic carbocycles. The molecule has 90 valence electrons. The molecule has 1 saturated heterocycles. The summed E-state index contributed by atoms with van der Waals surface area (Å²) >= 11 is 2.10. The SMILES string of the molecule is Nc1ccc2nc(CC3CCCCS3)cn2c1. The number of fused-ring (bicyclic) bond motifs is 1. The molecule has 0 aromatic carbocycles. The molecule has 0 radical (unpaired) electrons. The Balaban J connectivity index is 1.80. The first-order chi connectivity index (χ1) is 8.31. The standard InChI is InChI=1S/C13H17N3S/c14-10-4-5-13-15-11(9-16(13)8-10)7-12-3-1-2-6-17-12/h4-5,8-9,12H,1-3,6-7,14H2. The molecule has 1 fully saturated rings. The highest BCUT2D eigenvalue weighted by Crippen LogP contribution is 2.27. The summed E-state index contributed by atoms with van der Waals surface area (Å²) < 4.78 is 2.03. The van der Waals surface area contributed by atoms with Gasteiger partial charge in [-0.2, -0.15) is 11.8 Å². The van der Waals surface area contributed by atoms with Gasteiger partial charge < -0.3 is 10.1 Å². The van der Waals surface area contributed by atoms with Crippen LogP contribution < -0.4 is 5.73 Å². The van der Waals surface area contributed by atoms with Crippen LogP contribution in [0.1, 0.15) is 25.0 Å². The topological polar surface area (TPSA) is 43.3 Å². The minimum atomic E-state index is 0.756. The molecule has 0 spiro atoms. The van der Waals surface area contributed by atoms with E-state index in [0.717, 1.165) is 23.0 Å². The average molecular weight is 247 g/mol. The molecule has 0 amide bonds. The molecule has 2 N–H and O–H groups in total. The summed E-state index contributed by atoms with van der Waals surface area (Å²) in [6.45, 7) is 0. The van der Waals surface area contributed by atoms with Crippen LogP contribution in [0.5, 0.6) is 0 Å². The van der Waals surface area contributed by atoms with Gasteiger partial charge in [0.25, 0.3) is 0 Å². The summed E-state index contributed by atoms with van der Waals surface area (Å²) in [4.78, 5) is 4.64. The van der Waals surface area contributed by atoms with E-state index >= 15 is 0 Å². The second-order valence-corrected chi connectivity index (χ2v) is 6.06. The number of rotatable bonds is 2. The summed E-state index contributed by atoms with van der Waals surface area (Å²) in [7, 11) is 0. The second-order valence-electron chi connectivity index (χ2n) is 4.65. The Morgan fingerprint density at radius 2 is 2.29 bits per heavy atom. The molecular formula is C13H17N3S. The Hall–Kier alpha value is -1.16. The zero-order valence-electron chi connectivity index (χ0n) is 9.80. The summed E-state index contributed by atoms with van der Waals surface area (Å²) in [6.07, 6.45) is 9.22. The quantitative estimate of drug-likeness (QED) is 0.887. The van der Waals surface area contributed by atoms with Gasteiger partial charge in [-0.05, 0) is 30.7 Å². The van der Waals surface area contributed by atoms with Crippen molar-refractivity contribution in [2.45, 2.75) is 30.9 Å². The molecule has 3 rings (SSSR count). The number of thioether (sulfide) groups is 1. The van der Waals surface area contributed by atoms with E-state index in [0.29, 0.717) is 0 Å². The van der Waals surface area contributed by atoms with Crippen LogP contribution in [0.3, 0.4) is 0 Å². The van der Waals surface area contributed by atoms with Crippen molar-refractivity contribution in [3.05, 3.63) is 30.2 Å². The summed E-state index contributed by atoms with van der Waals surface area (Å²) in [5.74, 6) is 1.31. The fourth-order valence-corrected chi connectivity index (χ4v) is 3.69. The minimum absolute atomic E-state index is 0.756. The maximum Gasteiger partial charge on any atom is 0.137 e. The highest BCUT2D eigenvalue weighted by Gasteiger charge is 2.15. The zero-order valence-corrected chi connectivity index (χ0v) is 10.6. The lowest BCUT2D eigenvalue weighted by atomic mass is 10.1. The molecule has 3 heterocycles. The fourth-order valence-electron chi connectivity index (χ4n) is 2.36. The monoisotopic (exact) mass is 247 g/mol. The van der Waals surface area contributed by atoms with Gasteiger partial charge >= 0.3 is 0 Å². The van der Waals surface area contributed by atoms with Crippen LogP contribution in [0.4, 0.5) is 5.69 Å². The first-order valence-corrected chi connectivity index (χ1v) is 7.21. The van der Waals surface area contributed by atoms with Gasteiger partial charge in [0, 0.05) is 29.8 Å². The predicted molar refractivity (Wildman–Crippen MR) is 73.4 cm³/mol. The van der Waals surface area contributed by atoms with Crippen LogP contribution in [0.15, 0.2) is 24.5 Å². The number of nitrogen functional groups attached to an aromatic ring is 1. The van der Waals surface area contributed by atoms with Crippen LogP contribution in [0.25, 0.3) is 5.65 Å². The van der Waals surface area contributed by atoms with Crippen LogP contribution in [-0.4, -0.2) is 20.4 Å². The van der Waals surface area contributed by atoms with E-state index in [1.54, 1.807) is 0 Å². The number of hydrogen-bond donors (Lipinski definition) is 1. The van der Waals surface area contributed by atoms with Crippen molar-refractivity contribution in [1.29, 1.82) is 0 Å². The van der Waals surface area contributed by atoms with Gasteiger partial charge in [0.2, 0.25) is 0 Å². The summed E-state index contributed by atoms with van der Waals surface area (Å²) in [5.41, 5.74) is 8.74. The van der Waals surface area contributed by atoms with E-state index < -0.39 is 0 Å². The fraction of sp³-hybridized carbons (Fsp3) is 0.462. The third-order valence-corrected chi connectivity index (χ3v) is 4.63. The van der Waals surface area contributed by atoms with E-state index in [9.17, 15) is 0 Å². The molecule has 1 aliphatic heterocycles. The van der Waals surface area contributed by atoms with Crippen LogP contribution in [-0.2, 0) is 6.42 Å². The lowest BCUT2D eigenvalue weighted by Gasteiger charge is -2.19. The van der Waals surface area contributed by atoms with Crippen molar-refractivity contribution in [1.82, 2.24) is 9.38 Å². The van der Waals surface area contributed by atoms with Crippen molar-refractivity contribution in [3.8, 4) is 0 Å². The second kappa shape index (κ2) is 4.61. The Kier molecular flexibility index (Phi) is 2.97. The normalized spacial score (nSPS) is 20.8. The number of nitrogens with zero attached hydrogens (tertiary/aromatic N) is 2. The molecule has 1 atom stereocenters. The Morgan fingerprint density at radius 1 is 1.35 bits per heavy atom. The van der Waals surface area contributed by atoms with E-state index in [2.05, 4.69) is 22.9 Å². The van der Waals surface area contributed by atoms with Crippen LogP contribution >= 0.6 is 11.8 Å². The van der Waals surface area contributed by atoms with Crippen molar-refractivity contribution in [3.63, 3.8) is 0 Å². The van der Waals surface area contributed by atoms with Gasteiger partial charge in [-0.3, -0.25) is 0 Å². The number of imidazole rings is 1. The van der Waals surface area contributed by atoms with Crippen LogP contribution in [0, 0.1) is 0 Å². The smallest absolute Gasteiger partial charge is 0.137 e. The summed E-state index contributed by atoms with van der Waals surface area (Å²) in [6, 6.07) is 3.88. The van der Waals surface area contributed by atoms with Gasteiger partial charge in [0.05, 0.1) is 5.69 Å². The number of hydrogen-bond acceptors (Lipinski definition) is 3. The van der Waals surface area contributed by atoms with Gasteiger partial charge in [0.1, 0.15) is 5.65 Å². The predicted octanol–water partition coefficient (Wildman–Crippen LogP) is 2.74. The van der Waals surface area contributed by atoms with Crippen molar-refractivity contribution < 1.29 is 0 Å². The van der Waals surface area contributed by atoms with E-state index in [1.165, 1.54) is 30.7 Å². The van der Waals surface area contributed by atoms with Crippen molar-refractivity contribution in [2.75, 3.05) is 11.5 Å². The third-order valence-electron chi connectivity index (χ3n) is 3.23. The number of aromatic nitrogens is 2. The Bertz CT molecular complexity index is 514. The van der Waals surface area contributed by atoms with Gasteiger partial charge in [-0.15, -0.1) is 0 Å². The lowest BCUT2D eigenvalue weighted by Crippen LogP contribution is -2.12. The lowest BCUT2D eigenvalue weighted by molar-refractivity contribution is 0.656. The Morgan fingerprint density at radius 3 is 3.12 bits per heavy atom. The third kappa shape index (κ3) is 2.41. The molecule has 0 saturated carbocycles. The van der Waals surface area contributed by atoms with Gasteiger partial charge in [-0.25, -0.2) is 4.98 Å². The van der Waals surface area contributed by atoms with Gasteiger partial charge in [-0.1, -0.05) is 6.42 Å². The summed E-state index contributed by atoms with van der Waals surface area (Å²) in [5, 5.41) is 0.756. The van der Waals surface area contributed by atoms with E-state index in [-0.39, 0.29) is 0 Å². The maximum absolute atomic E-state index is 5.76. The number of nitrogens with two attached hydrogens (primary N) is 1. The molecule has 0 bridgehead atoms. The molecule has 1 aliphatic rings. The molecule has 17 heavy (non-hydrogen) atoms. The van der Waals surface area contributed by atoms with Crippen molar-refractivity contribution in [2.24, 2.45) is 0 Å². The zero-order chi connectivity index (χ0) is 11.7. The first-order valence-electron chi connectivity index (χ1n) is 6.16. The maximum atomic E-state index is 5.76. The largest absolute Gasteiger partial charge is 0.398 e. The van der Waals surface area contributed by atoms with E-state index in [1.807, 2.05) is 22.7 Å². The number of pyridine rings is 1. The van der Waals surface area contributed by atoms with Crippen LogP contribution in [0.2, 0.25) is 0 Å². The first kappa shape index (κ1) is 11.0. The molecule has 1 unspecified atom stereocenters. The highest BCUT2D eigenvalue weighted by molar-refractivity contribution is 7.99. The molecule has 3 nitrogen and oxygen atoms in total. The minimum Gasteiger partial charge on any atom is -0.398 e. The number of anilines is 1. The average Bonchev–Trinajstić information content (AvgIpc) is 2.71.